The van der Waals surface area contributed by atoms with Gasteiger partial charge in [-0.2, -0.15) is 4.98 Å². The van der Waals surface area contributed by atoms with Gasteiger partial charge in [-0.25, -0.2) is 0 Å². The van der Waals surface area contributed by atoms with Gasteiger partial charge in [0.15, 0.2) is 5.11 Å². The van der Waals surface area contributed by atoms with E-state index >= 15 is 0 Å². The Kier molecular flexibility index (Phi) is 6.70. The van der Waals surface area contributed by atoms with Gasteiger partial charge in [0.05, 0.1) is 11.6 Å². The zero-order valence-corrected chi connectivity index (χ0v) is 21.5. The maximum atomic E-state index is 5.85. The fourth-order valence-corrected chi connectivity index (χ4v) is 4.94. The molecule has 1 aliphatic heterocycles. The molecule has 0 bridgehead atoms. The zero-order chi connectivity index (χ0) is 24.4. The molecule has 35 heavy (non-hydrogen) atoms. The average molecular weight is 499 g/mol. The molecule has 0 fully saturated rings. The molecule has 1 aromatic heterocycles. The number of nitrogens with one attached hydrogen (secondary N) is 1. The van der Waals surface area contributed by atoms with Crippen molar-refractivity contribution in [1.29, 1.82) is 0 Å². The number of aromatic nitrogens is 2. The fraction of sp³-hybridized carbons (Fsp3) is 0.179. The van der Waals surface area contributed by atoms with E-state index in [1.54, 1.807) is 11.8 Å². The van der Waals surface area contributed by atoms with E-state index in [0.717, 1.165) is 22.4 Å². The molecule has 0 saturated heterocycles. The minimum atomic E-state index is -0.197. The second-order valence-electron chi connectivity index (χ2n) is 8.52. The highest BCUT2D eigenvalue weighted by atomic mass is 32.2. The molecule has 1 unspecified atom stereocenters. The molecule has 0 radical (unpaired) electrons. The second-order valence-corrected chi connectivity index (χ2v) is 9.78. The summed E-state index contributed by atoms with van der Waals surface area (Å²) in [6.45, 7) is 4.82. The smallest absolute Gasteiger partial charge is 0.258 e. The number of benzene rings is 3. The predicted molar refractivity (Wildman–Crippen MR) is 146 cm³/mol. The van der Waals surface area contributed by atoms with Gasteiger partial charge in [0.1, 0.15) is 0 Å². The quantitative estimate of drug-likeness (QED) is 0.236. The standard InChI is InChI=1S/C28H26N4OS2/c1-18-9-11-20(12-10-18)17-32-19(2)24(27-30-26(31-33-27)22-7-5-4-6-8-22)25(29-28(32)34)21-13-15-23(35-3)16-14-21/h4-16,25H,17H2,1-3H3,(H,29,34). The lowest BCUT2D eigenvalue weighted by Crippen LogP contribution is -2.45. The van der Waals surface area contributed by atoms with E-state index in [0.29, 0.717) is 23.4 Å². The summed E-state index contributed by atoms with van der Waals surface area (Å²) in [6, 6.07) is 26.7. The van der Waals surface area contributed by atoms with Crippen LogP contribution in [0.15, 0.2) is 94.0 Å². The topological polar surface area (TPSA) is 54.2 Å². The van der Waals surface area contributed by atoms with Gasteiger partial charge in [0.2, 0.25) is 5.82 Å². The highest BCUT2D eigenvalue weighted by Crippen LogP contribution is 2.38. The van der Waals surface area contributed by atoms with Crippen LogP contribution in [0.4, 0.5) is 0 Å². The van der Waals surface area contributed by atoms with Crippen molar-refractivity contribution in [1.82, 2.24) is 20.4 Å². The van der Waals surface area contributed by atoms with Gasteiger partial charge in [-0.3, -0.25) is 0 Å². The van der Waals surface area contributed by atoms with E-state index in [1.807, 2.05) is 30.3 Å². The average Bonchev–Trinajstić information content (AvgIpc) is 3.38. The summed E-state index contributed by atoms with van der Waals surface area (Å²) in [5.74, 6) is 1.06. The minimum Gasteiger partial charge on any atom is -0.351 e. The van der Waals surface area contributed by atoms with Gasteiger partial charge in [0.25, 0.3) is 5.89 Å². The Morgan fingerprint density at radius 3 is 2.37 bits per heavy atom. The summed E-state index contributed by atoms with van der Waals surface area (Å²) in [5, 5.41) is 8.51. The molecular weight excluding hydrogens is 472 g/mol. The number of thioether (sulfide) groups is 1. The molecule has 2 heterocycles. The summed E-state index contributed by atoms with van der Waals surface area (Å²) in [5.41, 5.74) is 6.34. The van der Waals surface area contributed by atoms with Gasteiger partial charge in [-0.15, -0.1) is 11.8 Å². The molecule has 5 nitrogen and oxygen atoms in total. The minimum absolute atomic E-state index is 0.197. The number of thiocarbonyl (C=S) groups is 1. The van der Waals surface area contributed by atoms with Crippen LogP contribution >= 0.6 is 24.0 Å². The number of aryl methyl sites for hydroxylation is 1. The lowest BCUT2D eigenvalue weighted by molar-refractivity contribution is 0.396. The summed E-state index contributed by atoms with van der Waals surface area (Å²) >= 11 is 7.57. The number of rotatable bonds is 6. The van der Waals surface area contributed by atoms with Crippen LogP contribution in [0.25, 0.3) is 17.0 Å². The molecule has 0 aliphatic carbocycles. The number of hydrogen-bond donors (Lipinski definition) is 1. The third-order valence-corrected chi connectivity index (χ3v) is 7.28. The third kappa shape index (κ3) is 4.88. The van der Waals surface area contributed by atoms with Crippen molar-refractivity contribution in [3.8, 4) is 11.4 Å². The summed E-state index contributed by atoms with van der Waals surface area (Å²) in [7, 11) is 0. The lowest BCUT2D eigenvalue weighted by Gasteiger charge is -2.37. The second kappa shape index (κ2) is 10.1. The zero-order valence-electron chi connectivity index (χ0n) is 19.9. The SMILES string of the molecule is CSc1ccc(C2NC(=S)N(Cc3ccc(C)cc3)C(C)=C2c2nc(-c3ccccc3)no2)cc1. The first-order valence-corrected chi connectivity index (χ1v) is 13.0. The molecular formula is C28H26N4OS2. The van der Waals surface area contributed by atoms with Crippen LogP contribution in [0, 0.1) is 6.92 Å². The first-order valence-electron chi connectivity index (χ1n) is 11.4. The first kappa shape index (κ1) is 23.3. The van der Waals surface area contributed by atoms with Crippen molar-refractivity contribution in [2.24, 2.45) is 0 Å². The largest absolute Gasteiger partial charge is 0.351 e. The maximum Gasteiger partial charge on any atom is 0.258 e. The lowest BCUT2D eigenvalue weighted by atomic mass is 9.94. The molecule has 4 aromatic rings. The van der Waals surface area contributed by atoms with Crippen LogP contribution < -0.4 is 5.32 Å². The Hall–Kier alpha value is -3.42. The normalized spacial score (nSPS) is 15.9. The fourth-order valence-electron chi connectivity index (χ4n) is 4.21. The van der Waals surface area contributed by atoms with E-state index in [4.69, 9.17) is 21.7 Å². The van der Waals surface area contributed by atoms with E-state index in [-0.39, 0.29) is 6.04 Å². The van der Waals surface area contributed by atoms with Crippen molar-refractivity contribution >= 4 is 34.7 Å². The van der Waals surface area contributed by atoms with Crippen molar-refractivity contribution in [2.45, 2.75) is 31.3 Å². The Bertz CT molecular complexity index is 1360. The van der Waals surface area contributed by atoms with Crippen molar-refractivity contribution in [2.75, 3.05) is 6.26 Å². The van der Waals surface area contributed by atoms with E-state index < -0.39 is 0 Å². The highest BCUT2D eigenvalue weighted by Gasteiger charge is 2.34. The van der Waals surface area contributed by atoms with Gasteiger partial charge in [-0.05, 0) is 55.6 Å². The van der Waals surface area contributed by atoms with Gasteiger partial charge in [0, 0.05) is 22.7 Å². The molecule has 1 N–H and O–H groups in total. The molecule has 0 amide bonds. The molecule has 0 spiro atoms. The summed E-state index contributed by atoms with van der Waals surface area (Å²) in [4.78, 5) is 8.11. The van der Waals surface area contributed by atoms with E-state index in [9.17, 15) is 0 Å². The Balaban J connectivity index is 1.58. The number of nitrogens with zero attached hydrogens (tertiary/aromatic N) is 3. The molecule has 0 saturated carbocycles. The van der Waals surface area contributed by atoms with Gasteiger partial charge in [-0.1, -0.05) is 77.5 Å². The molecule has 1 aliphatic rings. The van der Waals surface area contributed by atoms with Gasteiger partial charge >= 0.3 is 0 Å². The Morgan fingerprint density at radius 2 is 1.69 bits per heavy atom. The molecule has 176 valence electrons. The van der Waals surface area contributed by atoms with Crippen LogP contribution in [0.5, 0.6) is 0 Å². The van der Waals surface area contributed by atoms with E-state index in [2.05, 4.69) is 84.0 Å². The van der Waals surface area contributed by atoms with Crippen molar-refractivity contribution in [3.05, 3.63) is 107 Å². The first-order chi connectivity index (χ1) is 17.0. The summed E-state index contributed by atoms with van der Waals surface area (Å²) < 4.78 is 5.84. The van der Waals surface area contributed by atoms with Crippen LogP contribution in [-0.4, -0.2) is 26.4 Å². The molecule has 1 atom stereocenters. The van der Waals surface area contributed by atoms with Gasteiger partial charge < -0.3 is 14.7 Å². The molecule has 3 aromatic carbocycles. The highest BCUT2D eigenvalue weighted by molar-refractivity contribution is 7.98. The Labute approximate surface area is 215 Å². The number of hydrogen-bond acceptors (Lipinski definition) is 5. The maximum absolute atomic E-state index is 5.85. The number of allylic oxidation sites excluding steroid dienone is 1. The Morgan fingerprint density at radius 1 is 0.971 bits per heavy atom. The van der Waals surface area contributed by atoms with Crippen molar-refractivity contribution < 1.29 is 4.52 Å². The predicted octanol–water partition coefficient (Wildman–Crippen LogP) is 6.63. The van der Waals surface area contributed by atoms with Crippen LogP contribution in [0.3, 0.4) is 0 Å². The van der Waals surface area contributed by atoms with Crippen LogP contribution in [0.1, 0.15) is 35.5 Å². The molecule has 7 heteroatoms. The van der Waals surface area contributed by atoms with Crippen LogP contribution in [0.2, 0.25) is 0 Å². The van der Waals surface area contributed by atoms with E-state index in [1.165, 1.54) is 16.0 Å². The van der Waals surface area contributed by atoms with Crippen LogP contribution in [-0.2, 0) is 6.54 Å². The summed E-state index contributed by atoms with van der Waals surface area (Å²) in [6.07, 6.45) is 2.07. The van der Waals surface area contributed by atoms with Crippen molar-refractivity contribution in [3.63, 3.8) is 0 Å². The third-order valence-electron chi connectivity index (χ3n) is 6.20. The molecule has 5 rings (SSSR count). The monoisotopic (exact) mass is 498 g/mol.